The summed E-state index contributed by atoms with van der Waals surface area (Å²) in [6.45, 7) is 16.5. The van der Waals surface area contributed by atoms with E-state index >= 15 is 0 Å². The number of fused-ring (bicyclic) bond motifs is 2. The largest absolute Gasteiger partial charge is 0.462 e. The highest BCUT2D eigenvalue weighted by molar-refractivity contribution is 5.70. The summed E-state index contributed by atoms with van der Waals surface area (Å²) >= 11 is 0. The second-order valence-corrected chi connectivity index (χ2v) is 11.9. The lowest BCUT2D eigenvalue weighted by atomic mass is 9.58. The van der Waals surface area contributed by atoms with E-state index in [0.717, 1.165) is 18.4 Å². The van der Waals surface area contributed by atoms with E-state index in [1.165, 1.54) is 0 Å². The van der Waals surface area contributed by atoms with Crippen LogP contribution < -0.4 is 0 Å². The van der Waals surface area contributed by atoms with Crippen LogP contribution in [0.2, 0.25) is 0 Å². The van der Waals surface area contributed by atoms with Crippen molar-refractivity contribution in [3.05, 3.63) is 12.2 Å². The van der Waals surface area contributed by atoms with Crippen molar-refractivity contribution in [2.24, 2.45) is 29.1 Å². The summed E-state index contributed by atoms with van der Waals surface area (Å²) in [7, 11) is 0. The molecule has 0 N–H and O–H groups in total. The Morgan fingerprint density at radius 3 is 2.08 bits per heavy atom. The van der Waals surface area contributed by atoms with Crippen molar-refractivity contribution >= 4 is 17.9 Å². The summed E-state index contributed by atoms with van der Waals surface area (Å²) < 4.78 is 24.3. The van der Waals surface area contributed by atoms with E-state index in [4.69, 9.17) is 18.9 Å². The average Bonchev–Trinajstić information content (AvgIpc) is 3.36. The number of esters is 3. The fourth-order valence-electron chi connectivity index (χ4n) is 7.37. The van der Waals surface area contributed by atoms with Gasteiger partial charge in [0.1, 0.15) is 23.9 Å². The van der Waals surface area contributed by atoms with Crippen LogP contribution in [0.3, 0.4) is 0 Å². The van der Waals surface area contributed by atoms with Crippen molar-refractivity contribution in [3.8, 4) is 0 Å². The van der Waals surface area contributed by atoms with Crippen LogP contribution in [0.15, 0.2) is 12.2 Å². The van der Waals surface area contributed by atoms with Crippen LogP contribution in [0.4, 0.5) is 0 Å². The van der Waals surface area contributed by atoms with Gasteiger partial charge in [-0.05, 0) is 56.3 Å². The molecule has 36 heavy (non-hydrogen) atoms. The number of rotatable bonds is 6. The first-order valence-electron chi connectivity index (χ1n) is 13.9. The molecule has 1 saturated heterocycles. The summed E-state index contributed by atoms with van der Waals surface area (Å²) in [6, 6.07) is 0. The lowest BCUT2D eigenvalue weighted by molar-refractivity contribution is -0.164. The Hall–Kier alpha value is -1.89. The Labute approximate surface area is 215 Å². The highest BCUT2D eigenvalue weighted by atomic mass is 16.6. The van der Waals surface area contributed by atoms with E-state index in [1.807, 2.05) is 20.8 Å². The third-order valence-electron chi connectivity index (χ3n) is 9.83. The maximum Gasteiger partial charge on any atom is 0.305 e. The van der Waals surface area contributed by atoms with Gasteiger partial charge in [0.2, 0.25) is 0 Å². The van der Waals surface area contributed by atoms with Crippen LogP contribution in [0.1, 0.15) is 92.9 Å². The number of allylic oxidation sites excluding steroid dienone is 1. The van der Waals surface area contributed by atoms with Crippen molar-refractivity contribution < 1.29 is 33.3 Å². The SMILES string of the molecule is C=C1[C@H]2C[C@H](OC(=O)CC)[C@@]3(C)CC[C@@H]([C@H](C)[C@@H](OC(=O)CC)C[C@@H]4O[C@@]4(C)[C@H](OC(=O)CC)C2)[C@@H]13. The van der Waals surface area contributed by atoms with Crippen LogP contribution in [-0.4, -0.2) is 47.9 Å². The Kier molecular flexibility index (Phi) is 7.63. The second kappa shape index (κ2) is 10.1. The first-order valence-corrected chi connectivity index (χ1v) is 13.9. The van der Waals surface area contributed by atoms with Gasteiger partial charge in [-0.3, -0.25) is 14.4 Å². The quantitative estimate of drug-likeness (QED) is 0.214. The molecule has 3 aliphatic carbocycles. The molecule has 0 unspecified atom stereocenters. The monoisotopic (exact) mass is 504 g/mol. The predicted octanol–water partition coefficient (Wildman–Crippen LogP) is 5.15. The molecular formula is C29H44O7. The zero-order valence-electron chi connectivity index (χ0n) is 22.8. The topological polar surface area (TPSA) is 91.4 Å². The third-order valence-corrected chi connectivity index (χ3v) is 9.83. The number of carbonyl (C=O) groups excluding carboxylic acids is 3. The fraction of sp³-hybridized carbons (Fsp3) is 0.828. The summed E-state index contributed by atoms with van der Waals surface area (Å²) in [5, 5.41) is 0. The summed E-state index contributed by atoms with van der Waals surface area (Å²) in [5.74, 6) is -0.143. The maximum atomic E-state index is 12.5. The van der Waals surface area contributed by atoms with E-state index in [1.54, 1.807) is 6.92 Å². The number of carbonyl (C=O) groups is 3. The molecule has 7 nitrogen and oxygen atoms in total. The average molecular weight is 505 g/mol. The van der Waals surface area contributed by atoms with Gasteiger partial charge in [-0.25, -0.2) is 0 Å². The van der Waals surface area contributed by atoms with Crippen LogP contribution in [0.5, 0.6) is 0 Å². The van der Waals surface area contributed by atoms with Crippen LogP contribution in [-0.2, 0) is 33.3 Å². The van der Waals surface area contributed by atoms with E-state index in [9.17, 15) is 14.4 Å². The molecule has 0 spiro atoms. The normalized spacial score (nSPS) is 43.6. The fourth-order valence-corrected chi connectivity index (χ4v) is 7.37. The van der Waals surface area contributed by atoms with Crippen molar-refractivity contribution in [2.45, 2.75) is 123 Å². The van der Waals surface area contributed by atoms with E-state index in [2.05, 4.69) is 20.4 Å². The zero-order chi connectivity index (χ0) is 26.4. The molecular weight excluding hydrogens is 460 g/mol. The Bertz CT molecular complexity index is 898. The highest BCUT2D eigenvalue weighted by Gasteiger charge is 2.64. The summed E-state index contributed by atoms with van der Waals surface area (Å²) in [4.78, 5) is 37.3. The molecule has 202 valence electrons. The standard InChI is InChI=1S/C29H44O7/c1-8-24(30)33-20-15-23-29(7,36-23)22(35-26(32)10-3)14-18-13-21(34-25(31)9-2)28(6)12-11-19(17(20)5)27(28)16(18)4/h17-23,27H,4,8-15H2,1-3,5-7H3/t17-,18-,19-,20-,21-,22+,23-,27+,28+,29-/m0/s1. The van der Waals surface area contributed by atoms with Crippen LogP contribution >= 0.6 is 0 Å². The van der Waals surface area contributed by atoms with E-state index < -0.39 is 11.7 Å². The van der Waals surface area contributed by atoms with Gasteiger partial charge in [0.05, 0.1) is 6.10 Å². The molecule has 10 atom stereocenters. The Morgan fingerprint density at radius 2 is 1.47 bits per heavy atom. The first-order chi connectivity index (χ1) is 17.0. The zero-order valence-corrected chi connectivity index (χ0v) is 22.8. The lowest BCUT2D eigenvalue weighted by Gasteiger charge is -2.50. The molecule has 0 amide bonds. The molecule has 4 fully saturated rings. The Morgan fingerprint density at radius 1 is 0.917 bits per heavy atom. The van der Waals surface area contributed by atoms with Crippen molar-refractivity contribution in [1.29, 1.82) is 0 Å². The molecule has 1 heterocycles. The van der Waals surface area contributed by atoms with E-state index in [-0.39, 0.29) is 71.7 Å². The van der Waals surface area contributed by atoms with Crippen molar-refractivity contribution in [2.75, 3.05) is 0 Å². The summed E-state index contributed by atoms with van der Waals surface area (Å²) in [5.41, 5.74) is 0.290. The lowest BCUT2D eigenvalue weighted by Crippen LogP contribution is -2.49. The second-order valence-electron chi connectivity index (χ2n) is 11.9. The molecule has 4 aliphatic rings. The molecule has 0 aromatic carbocycles. The maximum absolute atomic E-state index is 12.5. The minimum absolute atomic E-state index is 0.0385. The van der Waals surface area contributed by atoms with Crippen LogP contribution in [0.25, 0.3) is 0 Å². The Balaban J connectivity index is 1.75. The number of ether oxygens (including phenoxy) is 4. The van der Waals surface area contributed by atoms with Gasteiger partial charge in [0, 0.05) is 31.1 Å². The van der Waals surface area contributed by atoms with Gasteiger partial charge in [0.25, 0.3) is 0 Å². The van der Waals surface area contributed by atoms with Crippen molar-refractivity contribution in [1.82, 2.24) is 0 Å². The molecule has 1 aliphatic heterocycles. The first kappa shape index (κ1) is 27.2. The molecule has 0 aromatic heterocycles. The molecule has 3 saturated carbocycles. The van der Waals surface area contributed by atoms with Gasteiger partial charge < -0.3 is 18.9 Å². The number of hydrogen-bond acceptors (Lipinski definition) is 7. The van der Waals surface area contributed by atoms with Crippen molar-refractivity contribution in [3.63, 3.8) is 0 Å². The van der Waals surface area contributed by atoms with Gasteiger partial charge in [0.15, 0.2) is 0 Å². The molecule has 0 radical (unpaired) electrons. The van der Waals surface area contributed by atoms with Gasteiger partial charge in [-0.2, -0.15) is 0 Å². The van der Waals surface area contributed by atoms with Gasteiger partial charge >= 0.3 is 17.9 Å². The minimum atomic E-state index is -0.641. The van der Waals surface area contributed by atoms with Crippen LogP contribution in [0, 0.1) is 29.1 Å². The molecule has 0 aromatic rings. The van der Waals surface area contributed by atoms with Gasteiger partial charge in [-0.1, -0.05) is 46.8 Å². The molecule has 7 heteroatoms. The number of hydrogen-bond donors (Lipinski definition) is 0. The smallest absolute Gasteiger partial charge is 0.305 e. The van der Waals surface area contributed by atoms with E-state index in [0.29, 0.717) is 32.1 Å². The third kappa shape index (κ3) is 4.72. The predicted molar refractivity (Wildman–Crippen MR) is 134 cm³/mol. The molecule has 2 bridgehead atoms. The minimum Gasteiger partial charge on any atom is -0.462 e. The summed E-state index contributed by atoms with van der Waals surface area (Å²) in [6.07, 6.45) is 3.54. The number of epoxide rings is 1. The highest BCUT2D eigenvalue weighted by Crippen LogP contribution is 2.63. The molecule has 4 rings (SSSR count). The van der Waals surface area contributed by atoms with Gasteiger partial charge in [-0.15, -0.1) is 0 Å².